The molecular formula is C17H28O6. The van der Waals surface area contributed by atoms with Crippen LogP contribution in [0.15, 0.2) is 25.3 Å². The third-order valence-corrected chi connectivity index (χ3v) is 3.38. The lowest BCUT2D eigenvalue weighted by Crippen LogP contribution is -2.28. The van der Waals surface area contributed by atoms with Crippen LogP contribution in [0.1, 0.15) is 33.6 Å². The van der Waals surface area contributed by atoms with Gasteiger partial charge in [-0.05, 0) is 20.8 Å². The average Bonchev–Trinajstić information content (AvgIpc) is 2.76. The fraction of sp³-hybridized carbons (Fsp3) is 0.706. The number of ether oxygens (including phenoxy) is 5. The Bertz CT molecular complexity index is 406. The van der Waals surface area contributed by atoms with Gasteiger partial charge in [-0.3, -0.25) is 4.79 Å². The molecule has 0 radical (unpaired) electrons. The minimum atomic E-state index is -0.725. The van der Waals surface area contributed by atoms with E-state index in [0.717, 1.165) is 0 Å². The molecule has 1 aliphatic heterocycles. The van der Waals surface area contributed by atoms with E-state index < -0.39 is 5.79 Å². The van der Waals surface area contributed by atoms with E-state index in [1.54, 1.807) is 33.1 Å². The van der Waals surface area contributed by atoms with Crippen molar-refractivity contribution < 1.29 is 28.5 Å². The van der Waals surface area contributed by atoms with Crippen molar-refractivity contribution in [2.24, 2.45) is 0 Å². The Morgan fingerprint density at radius 2 is 2.04 bits per heavy atom. The predicted octanol–water partition coefficient (Wildman–Crippen LogP) is 2.58. The van der Waals surface area contributed by atoms with Gasteiger partial charge in [-0.25, -0.2) is 0 Å². The van der Waals surface area contributed by atoms with Crippen LogP contribution in [0.4, 0.5) is 0 Å². The molecule has 132 valence electrons. The van der Waals surface area contributed by atoms with E-state index in [1.807, 2.05) is 6.92 Å². The van der Waals surface area contributed by atoms with Crippen molar-refractivity contribution in [3.05, 3.63) is 25.3 Å². The highest BCUT2D eigenvalue weighted by atomic mass is 16.8. The summed E-state index contributed by atoms with van der Waals surface area (Å²) in [6.45, 7) is 13.0. The second kappa shape index (κ2) is 9.17. The van der Waals surface area contributed by atoms with Gasteiger partial charge >= 0.3 is 5.97 Å². The smallest absolute Gasteiger partial charge is 0.308 e. The molecule has 1 aliphatic rings. The molecule has 1 fully saturated rings. The van der Waals surface area contributed by atoms with Crippen LogP contribution in [0.25, 0.3) is 0 Å². The SMILES string of the molecule is C=C[C@H](C[C@@H](C)OC(=O)C[C@@H]1OC(C)(C)O[C@H]1C=C)OCOC. The summed E-state index contributed by atoms with van der Waals surface area (Å²) in [6, 6.07) is 0. The number of hydrogen-bond acceptors (Lipinski definition) is 6. The van der Waals surface area contributed by atoms with Crippen molar-refractivity contribution in [2.75, 3.05) is 13.9 Å². The Hall–Kier alpha value is -1.21. The van der Waals surface area contributed by atoms with Crippen molar-refractivity contribution in [3.63, 3.8) is 0 Å². The van der Waals surface area contributed by atoms with Crippen LogP contribution in [-0.4, -0.2) is 50.1 Å². The molecule has 1 rings (SSSR count). The number of carbonyl (C=O) groups is 1. The van der Waals surface area contributed by atoms with E-state index >= 15 is 0 Å². The van der Waals surface area contributed by atoms with Gasteiger partial charge in [0, 0.05) is 13.5 Å². The molecule has 0 aromatic carbocycles. The third-order valence-electron chi connectivity index (χ3n) is 3.38. The number of carbonyl (C=O) groups excluding carboxylic acids is 1. The first kappa shape index (κ1) is 19.8. The molecule has 6 nitrogen and oxygen atoms in total. The average molecular weight is 328 g/mol. The normalized spacial score (nSPS) is 25.6. The van der Waals surface area contributed by atoms with Crippen LogP contribution in [0.3, 0.4) is 0 Å². The monoisotopic (exact) mass is 328 g/mol. The molecule has 6 heteroatoms. The summed E-state index contributed by atoms with van der Waals surface area (Å²) < 4.78 is 27.0. The first-order valence-electron chi connectivity index (χ1n) is 7.72. The van der Waals surface area contributed by atoms with E-state index in [0.29, 0.717) is 6.42 Å². The zero-order valence-electron chi connectivity index (χ0n) is 14.4. The second-order valence-corrected chi connectivity index (χ2v) is 5.96. The van der Waals surface area contributed by atoms with E-state index in [2.05, 4.69) is 13.2 Å². The minimum Gasteiger partial charge on any atom is -0.462 e. The lowest BCUT2D eigenvalue weighted by molar-refractivity contribution is -0.159. The number of rotatable bonds is 10. The number of esters is 1. The van der Waals surface area contributed by atoms with Crippen molar-refractivity contribution in [1.82, 2.24) is 0 Å². The van der Waals surface area contributed by atoms with Crippen molar-refractivity contribution >= 4 is 5.97 Å². The zero-order valence-corrected chi connectivity index (χ0v) is 14.4. The molecule has 1 saturated heterocycles. The van der Waals surface area contributed by atoms with E-state index in [-0.39, 0.29) is 43.6 Å². The molecule has 1 heterocycles. The predicted molar refractivity (Wildman–Crippen MR) is 85.8 cm³/mol. The summed E-state index contributed by atoms with van der Waals surface area (Å²) in [5.41, 5.74) is 0. The maximum absolute atomic E-state index is 12.1. The van der Waals surface area contributed by atoms with Gasteiger partial charge in [0.2, 0.25) is 0 Å². The van der Waals surface area contributed by atoms with Gasteiger partial charge in [0.15, 0.2) is 5.79 Å². The first-order chi connectivity index (χ1) is 10.8. The van der Waals surface area contributed by atoms with Crippen LogP contribution < -0.4 is 0 Å². The topological polar surface area (TPSA) is 63.2 Å². The Balaban J connectivity index is 2.43. The van der Waals surface area contributed by atoms with Crippen LogP contribution in [-0.2, 0) is 28.5 Å². The van der Waals surface area contributed by atoms with Gasteiger partial charge in [0.1, 0.15) is 25.1 Å². The molecule has 0 aromatic rings. The van der Waals surface area contributed by atoms with Gasteiger partial charge in [-0.2, -0.15) is 0 Å². The number of hydrogen-bond donors (Lipinski definition) is 0. The van der Waals surface area contributed by atoms with Crippen LogP contribution in [0.5, 0.6) is 0 Å². The molecule has 0 spiro atoms. The molecular weight excluding hydrogens is 300 g/mol. The lowest BCUT2D eigenvalue weighted by Gasteiger charge is -2.20. The Labute approximate surface area is 138 Å². The molecule has 0 N–H and O–H groups in total. The Kier molecular flexibility index (Phi) is 7.91. The molecule has 4 atom stereocenters. The highest BCUT2D eigenvalue weighted by Gasteiger charge is 2.41. The third kappa shape index (κ3) is 6.83. The molecule has 0 aromatic heterocycles. The fourth-order valence-electron chi connectivity index (χ4n) is 2.42. The summed E-state index contributed by atoms with van der Waals surface area (Å²) in [7, 11) is 1.55. The van der Waals surface area contributed by atoms with E-state index in [9.17, 15) is 4.79 Å². The van der Waals surface area contributed by atoms with Gasteiger partial charge in [-0.15, -0.1) is 13.2 Å². The molecule has 23 heavy (non-hydrogen) atoms. The van der Waals surface area contributed by atoms with Gasteiger partial charge < -0.3 is 23.7 Å². The molecule has 0 unspecified atom stereocenters. The van der Waals surface area contributed by atoms with Crippen molar-refractivity contribution in [3.8, 4) is 0 Å². The highest BCUT2D eigenvalue weighted by Crippen LogP contribution is 2.30. The second-order valence-electron chi connectivity index (χ2n) is 5.96. The standard InChI is InChI=1S/C17H28O6/c1-7-13(20-11-19-6)9-12(3)21-16(18)10-15-14(8-2)22-17(4,5)23-15/h7-8,12-15H,1-2,9-11H2,3-6H3/t12-,13-,14+,15+/m1/s1. The minimum absolute atomic E-state index is 0.113. The summed E-state index contributed by atoms with van der Waals surface area (Å²) in [5.74, 6) is -1.07. The van der Waals surface area contributed by atoms with Crippen LogP contribution >= 0.6 is 0 Å². The van der Waals surface area contributed by atoms with Crippen molar-refractivity contribution in [1.29, 1.82) is 0 Å². The highest BCUT2D eigenvalue weighted by molar-refractivity contribution is 5.70. The molecule has 0 saturated carbocycles. The van der Waals surface area contributed by atoms with Gasteiger partial charge in [0.25, 0.3) is 0 Å². The summed E-state index contributed by atoms with van der Waals surface area (Å²) in [4.78, 5) is 12.1. The fourth-order valence-corrected chi connectivity index (χ4v) is 2.42. The Morgan fingerprint density at radius 3 is 2.61 bits per heavy atom. The van der Waals surface area contributed by atoms with E-state index in [1.165, 1.54) is 0 Å². The largest absolute Gasteiger partial charge is 0.462 e. The summed E-state index contributed by atoms with van der Waals surface area (Å²) in [5, 5.41) is 0. The first-order valence-corrected chi connectivity index (χ1v) is 7.72. The summed E-state index contributed by atoms with van der Waals surface area (Å²) in [6.07, 6.45) is 2.68. The molecule has 0 aliphatic carbocycles. The summed E-state index contributed by atoms with van der Waals surface area (Å²) >= 11 is 0. The maximum atomic E-state index is 12.1. The van der Waals surface area contributed by atoms with Crippen LogP contribution in [0.2, 0.25) is 0 Å². The maximum Gasteiger partial charge on any atom is 0.308 e. The van der Waals surface area contributed by atoms with E-state index in [4.69, 9.17) is 23.7 Å². The van der Waals surface area contributed by atoms with Gasteiger partial charge in [0.05, 0.1) is 12.5 Å². The van der Waals surface area contributed by atoms with Crippen molar-refractivity contribution in [2.45, 2.75) is 63.8 Å². The Morgan fingerprint density at radius 1 is 1.35 bits per heavy atom. The van der Waals surface area contributed by atoms with Gasteiger partial charge in [-0.1, -0.05) is 12.2 Å². The molecule has 0 bridgehead atoms. The quantitative estimate of drug-likeness (QED) is 0.349. The zero-order chi connectivity index (χ0) is 17.5. The van der Waals surface area contributed by atoms with Crippen LogP contribution in [0, 0.1) is 0 Å². The lowest BCUT2D eigenvalue weighted by atomic mass is 10.1. The molecule has 0 amide bonds. The number of methoxy groups -OCH3 is 1.